The number of aliphatic hydroxyl groups excluding tert-OH is 1. The first-order valence-corrected chi connectivity index (χ1v) is 4.82. The second-order valence-corrected chi connectivity index (χ2v) is 3.45. The summed E-state index contributed by atoms with van der Waals surface area (Å²) in [5.74, 6) is -0.850. The Kier molecular flexibility index (Phi) is 3.88. The maximum Gasteiger partial charge on any atom is 0.312 e. The summed E-state index contributed by atoms with van der Waals surface area (Å²) in [6.07, 6.45) is 1.42. The molecule has 5 heteroatoms. The number of aliphatic hydroxyl groups is 1. The fourth-order valence-electron chi connectivity index (χ4n) is 1.40. The Morgan fingerprint density at radius 2 is 1.93 bits per heavy atom. The maximum atomic E-state index is 11.4. The summed E-state index contributed by atoms with van der Waals surface area (Å²) in [5.41, 5.74) is 0. The molecule has 1 aliphatic heterocycles. The minimum atomic E-state index is -0.430. The highest BCUT2D eigenvalue weighted by Gasteiger charge is 2.29. The Morgan fingerprint density at radius 1 is 1.21 bits per heavy atom. The van der Waals surface area contributed by atoms with Crippen LogP contribution in [0.5, 0.6) is 0 Å². The van der Waals surface area contributed by atoms with Gasteiger partial charge in [-0.25, -0.2) is 0 Å². The summed E-state index contributed by atoms with van der Waals surface area (Å²) in [4.78, 5) is 25.6. The van der Waals surface area contributed by atoms with Crippen LogP contribution in [0.4, 0.5) is 0 Å². The third-order valence-electron chi connectivity index (χ3n) is 2.36. The zero-order chi connectivity index (χ0) is 10.6. The van der Waals surface area contributed by atoms with E-state index in [0.717, 1.165) is 6.42 Å². The quantitative estimate of drug-likeness (QED) is 0.470. The van der Waals surface area contributed by atoms with Crippen molar-refractivity contribution in [2.75, 3.05) is 33.3 Å². The molecular weight excluding hydrogens is 184 g/mol. The largest absolute Gasteiger partial charge is 0.396 e. The third-order valence-corrected chi connectivity index (χ3v) is 2.36. The highest BCUT2D eigenvalue weighted by molar-refractivity contribution is 6.35. The number of likely N-dealkylation sites (N-methyl/N-ethyl adjacent to an activating group) is 1. The first-order chi connectivity index (χ1) is 6.66. The van der Waals surface area contributed by atoms with Crippen molar-refractivity contribution in [3.63, 3.8) is 0 Å². The molecule has 80 valence electrons. The molecule has 1 saturated heterocycles. The van der Waals surface area contributed by atoms with Crippen molar-refractivity contribution >= 4 is 11.8 Å². The van der Waals surface area contributed by atoms with Crippen molar-refractivity contribution in [3.8, 4) is 0 Å². The number of carbonyl (C=O) groups excluding carboxylic acids is 2. The summed E-state index contributed by atoms with van der Waals surface area (Å²) in [7, 11) is 1.63. The summed E-state index contributed by atoms with van der Waals surface area (Å²) < 4.78 is 0. The predicted molar refractivity (Wildman–Crippen MR) is 50.5 cm³/mol. The molecule has 1 aliphatic rings. The highest BCUT2D eigenvalue weighted by atomic mass is 16.3. The summed E-state index contributed by atoms with van der Waals surface area (Å²) in [5, 5.41) is 8.58. The number of unbranched alkanes of at least 4 members (excludes halogenated alkanes) is 1. The Bertz CT molecular complexity index is 230. The molecule has 1 heterocycles. The average Bonchev–Trinajstić information content (AvgIpc) is 2.18. The molecule has 0 aliphatic carbocycles. The van der Waals surface area contributed by atoms with E-state index in [1.165, 1.54) is 4.90 Å². The van der Waals surface area contributed by atoms with Gasteiger partial charge in [0.25, 0.3) is 0 Å². The highest BCUT2D eigenvalue weighted by Crippen LogP contribution is 2.04. The predicted octanol–water partition coefficient (Wildman–Crippen LogP) is -0.940. The Balaban J connectivity index is 2.39. The lowest BCUT2D eigenvalue weighted by atomic mass is 10.2. The van der Waals surface area contributed by atoms with Gasteiger partial charge >= 0.3 is 11.8 Å². The minimum Gasteiger partial charge on any atom is -0.396 e. The van der Waals surface area contributed by atoms with Crippen LogP contribution in [0.3, 0.4) is 0 Å². The van der Waals surface area contributed by atoms with E-state index in [-0.39, 0.29) is 6.61 Å². The Morgan fingerprint density at radius 3 is 2.57 bits per heavy atom. The number of carbonyl (C=O) groups is 2. The van der Waals surface area contributed by atoms with Gasteiger partial charge in [0.2, 0.25) is 0 Å². The van der Waals surface area contributed by atoms with Gasteiger partial charge in [-0.15, -0.1) is 0 Å². The molecule has 0 saturated carbocycles. The van der Waals surface area contributed by atoms with Gasteiger partial charge in [-0.1, -0.05) is 0 Å². The molecule has 2 amide bonds. The van der Waals surface area contributed by atoms with Crippen molar-refractivity contribution in [2.24, 2.45) is 0 Å². The summed E-state index contributed by atoms with van der Waals surface area (Å²) in [6, 6.07) is 0. The lowest BCUT2D eigenvalue weighted by Crippen LogP contribution is -2.52. The van der Waals surface area contributed by atoms with E-state index in [1.807, 2.05) is 0 Å². The van der Waals surface area contributed by atoms with E-state index < -0.39 is 11.8 Å². The van der Waals surface area contributed by atoms with Crippen molar-refractivity contribution < 1.29 is 14.7 Å². The van der Waals surface area contributed by atoms with E-state index >= 15 is 0 Å². The van der Waals surface area contributed by atoms with Crippen molar-refractivity contribution in [1.82, 2.24) is 9.80 Å². The van der Waals surface area contributed by atoms with Crippen LogP contribution in [-0.2, 0) is 9.59 Å². The van der Waals surface area contributed by atoms with Gasteiger partial charge in [-0.05, 0) is 12.8 Å². The molecule has 0 unspecified atom stereocenters. The molecule has 0 aromatic carbocycles. The van der Waals surface area contributed by atoms with Crippen LogP contribution in [0.15, 0.2) is 0 Å². The van der Waals surface area contributed by atoms with Crippen LogP contribution in [0.25, 0.3) is 0 Å². The lowest BCUT2D eigenvalue weighted by Gasteiger charge is -2.31. The minimum absolute atomic E-state index is 0.135. The molecule has 0 aromatic heterocycles. The number of piperazine rings is 1. The topological polar surface area (TPSA) is 60.9 Å². The van der Waals surface area contributed by atoms with Gasteiger partial charge in [0, 0.05) is 33.3 Å². The molecule has 14 heavy (non-hydrogen) atoms. The molecule has 1 N–H and O–H groups in total. The number of amides is 2. The normalized spacial score (nSPS) is 17.9. The number of hydrogen-bond donors (Lipinski definition) is 1. The molecule has 1 fully saturated rings. The molecule has 0 radical (unpaired) electrons. The summed E-state index contributed by atoms with van der Waals surface area (Å²) in [6.45, 7) is 1.91. The second kappa shape index (κ2) is 4.95. The second-order valence-electron chi connectivity index (χ2n) is 3.45. The van der Waals surface area contributed by atoms with E-state index in [2.05, 4.69) is 0 Å². The number of hydrogen-bond acceptors (Lipinski definition) is 3. The van der Waals surface area contributed by atoms with Crippen LogP contribution in [0.2, 0.25) is 0 Å². The first-order valence-electron chi connectivity index (χ1n) is 4.82. The van der Waals surface area contributed by atoms with Crippen LogP contribution < -0.4 is 0 Å². The first kappa shape index (κ1) is 11.0. The van der Waals surface area contributed by atoms with Crippen LogP contribution >= 0.6 is 0 Å². The van der Waals surface area contributed by atoms with Crippen molar-refractivity contribution in [1.29, 1.82) is 0 Å². The fourth-order valence-corrected chi connectivity index (χ4v) is 1.40. The standard InChI is InChI=1S/C9H16N2O3/c1-10-5-6-11(4-2-3-7-12)9(14)8(10)13/h12H,2-7H2,1H3. The van der Waals surface area contributed by atoms with Crippen molar-refractivity contribution in [3.05, 3.63) is 0 Å². The van der Waals surface area contributed by atoms with Crippen LogP contribution in [-0.4, -0.2) is 60.0 Å². The molecule has 5 nitrogen and oxygen atoms in total. The molecule has 0 aromatic rings. The van der Waals surface area contributed by atoms with Gasteiger partial charge in [0.05, 0.1) is 0 Å². The van der Waals surface area contributed by atoms with E-state index in [1.54, 1.807) is 11.9 Å². The van der Waals surface area contributed by atoms with E-state index in [4.69, 9.17) is 5.11 Å². The molecule has 1 rings (SSSR count). The van der Waals surface area contributed by atoms with Gasteiger partial charge in [-0.2, -0.15) is 0 Å². The van der Waals surface area contributed by atoms with E-state index in [9.17, 15) is 9.59 Å². The van der Waals surface area contributed by atoms with E-state index in [0.29, 0.717) is 26.1 Å². The Labute approximate surface area is 83.3 Å². The number of rotatable bonds is 4. The molecule has 0 spiro atoms. The Hall–Kier alpha value is -1.10. The smallest absolute Gasteiger partial charge is 0.312 e. The SMILES string of the molecule is CN1CCN(CCCCO)C(=O)C1=O. The van der Waals surface area contributed by atoms with Gasteiger partial charge in [-0.3, -0.25) is 9.59 Å². The summed E-state index contributed by atoms with van der Waals surface area (Å²) >= 11 is 0. The van der Waals surface area contributed by atoms with Crippen molar-refractivity contribution in [2.45, 2.75) is 12.8 Å². The van der Waals surface area contributed by atoms with Gasteiger partial charge in [0.1, 0.15) is 0 Å². The van der Waals surface area contributed by atoms with Gasteiger partial charge in [0.15, 0.2) is 0 Å². The zero-order valence-electron chi connectivity index (χ0n) is 8.40. The molecule has 0 bridgehead atoms. The lowest BCUT2D eigenvalue weighted by molar-refractivity contribution is -0.154. The number of nitrogens with zero attached hydrogens (tertiary/aromatic N) is 2. The van der Waals surface area contributed by atoms with Crippen LogP contribution in [0.1, 0.15) is 12.8 Å². The molecular formula is C9H16N2O3. The monoisotopic (exact) mass is 200 g/mol. The van der Waals surface area contributed by atoms with Gasteiger partial charge < -0.3 is 14.9 Å². The maximum absolute atomic E-state index is 11.4. The van der Waals surface area contributed by atoms with Crippen LogP contribution in [0, 0.1) is 0 Å². The average molecular weight is 200 g/mol. The third kappa shape index (κ3) is 2.45. The fraction of sp³-hybridized carbons (Fsp3) is 0.778. The molecule has 0 atom stereocenters. The zero-order valence-corrected chi connectivity index (χ0v) is 8.40.